The molecule has 0 aliphatic heterocycles. The number of anilines is 1. The van der Waals surface area contributed by atoms with Crippen molar-refractivity contribution in [2.45, 2.75) is 39.7 Å². The molecule has 0 spiro atoms. The second-order valence-electron chi connectivity index (χ2n) is 6.56. The van der Waals surface area contributed by atoms with E-state index in [0.29, 0.717) is 5.69 Å². The minimum Gasteiger partial charge on any atom is -0.388 e. The van der Waals surface area contributed by atoms with E-state index in [9.17, 15) is 14.7 Å². The highest BCUT2D eigenvalue weighted by molar-refractivity contribution is 6.39. The van der Waals surface area contributed by atoms with Gasteiger partial charge in [-0.3, -0.25) is 9.59 Å². The maximum absolute atomic E-state index is 12.0. The first-order chi connectivity index (χ1) is 11.2. The Bertz CT molecular complexity index is 749. The lowest BCUT2D eigenvalue weighted by Gasteiger charge is -2.29. The van der Waals surface area contributed by atoms with Gasteiger partial charge in [-0.05, 0) is 44.0 Å². The van der Waals surface area contributed by atoms with Crippen LogP contribution in [0, 0.1) is 12.8 Å². The summed E-state index contributed by atoms with van der Waals surface area (Å²) < 4.78 is 0. The number of aliphatic hydroxyl groups is 1. The molecular weight excluding hydrogens is 306 g/mol. The maximum atomic E-state index is 12.0. The van der Waals surface area contributed by atoms with E-state index in [1.165, 1.54) is 0 Å². The van der Waals surface area contributed by atoms with Crippen LogP contribution in [0.25, 0.3) is 10.9 Å². The van der Waals surface area contributed by atoms with Crippen molar-refractivity contribution in [2.24, 2.45) is 5.92 Å². The summed E-state index contributed by atoms with van der Waals surface area (Å²) in [5.41, 5.74) is 1.50. The van der Waals surface area contributed by atoms with Crippen LogP contribution in [-0.4, -0.2) is 34.1 Å². The average Bonchev–Trinajstić information content (AvgIpc) is 2.90. The maximum Gasteiger partial charge on any atom is 0.313 e. The molecule has 24 heavy (non-hydrogen) atoms. The first kappa shape index (κ1) is 18.0. The summed E-state index contributed by atoms with van der Waals surface area (Å²) in [6, 6.07) is 7.36. The van der Waals surface area contributed by atoms with Crippen LogP contribution in [0.1, 0.15) is 32.9 Å². The molecule has 0 aliphatic rings. The fourth-order valence-corrected chi connectivity index (χ4v) is 2.50. The summed E-state index contributed by atoms with van der Waals surface area (Å²) in [7, 11) is 0. The molecule has 4 N–H and O–H groups in total. The number of aryl methyl sites for hydroxylation is 1. The molecule has 2 unspecified atom stereocenters. The van der Waals surface area contributed by atoms with Crippen LogP contribution >= 0.6 is 0 Å². The molecule has 0 aliphatic carbocycles. The molecule has 0 saturated carbocycles. The first-order valence-electron chi connectivity index (χ1n) is 8.14. The lowest BCUT2D eigenvalue weighted by atomic mass is 9.89. The highest BCUT2D eigenvalue weighted by Crippen LogP contribution is 2.20. The van der Waals surface area contributed by atoms with Crippen LogP contribution in [0.5, 0.6) is 0 Å². The van der Waals surface area contributed by atoms with E-state index in [4.69, 9.17) is 0 Å². The summed E-state index contributed by atoms with van der Waals surface area (Å²) >= 11 is 0. The van der Waals surface area contributed by atoms with E-state index in [1.807, 2.05) is 32.9 Å². The topological polar surface area (TPSA) is 94.2 Å². The fourth-order valence-electron chi connectivity index (χ4n) is 2.50. The summed E-state index contributed by atoms with van der Waals surface area (Å²) in [5.74, 6) is -1.49. The van der Waals surface area contributed by atoms with Crippen molar-refractivity contribution in [3.63, 3.8) is 0 Å². The number of rotatable bonds is 5. The van der Waals surface area contributed by atoms with Gasteiger partial charge in [-0.15, -0.1) is 0 Å². The molecule has 0 bridgehead atoms. The van der Waals surface area contributed by atoms with Gasteiger partial charge in [0.15, 0.2) is 0 Å². The van der Waals surface area contributed by atoms with E-state index >= 15 is 0 Å². The van der Waals surface area contributed by atoms with Gasteiger partial charge in [0.2, 0.25) is 0 Å². The highest BCUT2D eigenvalue weighted by atomic mass is 16.3. The molecule has 2 atom stereocenters. The Kier molecular flexibility index (Phi) is 5.29. The number of nitrogens with one attached hydrogen (secondary N) is 3. The molecule has 1 heterocycles. The Morgan fingerprint density at radius 3 is 2.67 bits per heavy atom. The van der Waals surface area contributed by atoms with Crippen molar-refractivity contribution in [3.8, 4) is 0 Å². The van der Waals surface area contributed by atoms with Crippen LogP contribution in [0.15, 0.2) is 24.3 Å². The van der Waals surface area contributed by atoms with Gasteiger partial charge in [-0.1, -0.05) is 20.3 Å². The molecule has 6 nitrogen and oxygen atoms in total. The molecule has 0 fully saturated rings. The van der Waals surface area contributed by atoms with Gasteiger partial charge < -0.3 is 20.7 Å². The molecule has 0 saturated heterocycles. The third-order valence-electron chi connectivity index (χ3n) is 4.50. The normalized spacial score (nSPS) is 14.9. The van der Waals surface area contributed by atoms with Gasteiger partial charge >= 0.3 is 11.8 Å². The number of benzene rings is 1. The molecule has 1 aromatic heterocycles. The Morgan fingerprint density at radius 2 is 2.00 bits per heavy atom. The van der Waals surface area contributed by atoms with Crippen LogP contribution in [0.2, 0.25) is 0 Å². The number of hydrogen-bond acceptors (Lipinski definition) is 3. The van der Waals surface area contributed by atoms with Crippen molar-refractivity contribution in [1.29, 1.82) is 0 Å². The average molecular weight is 331 g/mol. The van der Waals surface area contributed by atoms with Crippen molar-refractivity contribution in [2.75, 3.05) is 11.9 Å². The Morgan fingerprint density at radius 1 is 1.29 bits per heavy atom. The molecule has 0 radical (unpaired) electrons. The van der Waals surface area contributed by atoms with E-state index in [2.05, 4.69) is 15.6 Å². The summed E-state index contributed by atoms with van der Waals surface area (Å²) in [6.45, 7) is 7.51. The third-order valence-corrected chi connectivity index (χ3v) is 4.50. The van der Waals surface area contributed by atoms with E-state index in [1.54, 1.807) is 19.1 Å². The minimum atomic E-state index is -1.05. The Labute approximate surface area is 141 Å². The van der Waals surface area contributed by atoms with Crippen LogP contribution in [-0.2, 0) is 9.59 Å². The van der Waals surface area contributed by atoms with Gasteiger partial charge in [-0.25, -0.2) is 0 Å². The Balaban J connectivity index is 1.96. The Hall–Kier alpha value is -2.34. The fraction of sp³-hybridized carbons (Fsp3) is 0.444. The van der Waals surface area contributed by atoms with Crippen molar-refractivity contribution < 1.29 is 14.7 Å². The molecule has 2 rings (SSSR count). The van der Waals surface area contributed by atoms with Gasteiger partial charge in [0.1, 0.15) is 0 Å². The molecular formula is C18H25N3O3. The standard InChI is InChI=1S/C18H25N3O3/c1-5-11(2)18(4,24)10-19-16(22)17(23)21-14-6-7-15-13(9-14)8-12(3)20-15/h6-9,11,20,24H,5,10H2,1-4H3,(H,19,22)(H,21,23). The highest BCUT2D eigenvalue weighted by Gasteiger charge is 2.28. The quantitative estimate of drug-likeness (QED) is 0.633. The number of amides is 2. The van der Waals surface area contributed by atoms with Crippen LogP contribution in [0.3, 0.4) is 0 Å². The third kappa shape index (κ3) is 4.14. The number of carbonyl (C=O) groups is 2. The lowest BCUT2D eigenvalue weighted by Crippen LogP contribution is -2.47. The monoisotopic (exact) mass is 331 g/mol. The van der Waals surface area contributed by atoms with Gasteiger partial charge in [-0.2, -0.15) is 0 Å². The summed E-state index contributed by atoms with van der Waals surface area (Å²) in [5, 5.41) is 16.3. The zero-order chi connectivity index (χ0) is 17.9. The van der Waals surface area contributed by atoms with Gasteiger partial charge in [0.25, 0.3) is 0 Å². The number of aromatic nitrogens is 1. The molecule has 1 aromatic carbocycles. The molecule has 6 heteroatoms. The van der Waals surface area contributed by atoms with Crippen molar-refractivity contribution in [1.82, 2.24) is 10.3 Å². The summed E-state index contributed by atoms with van der Waals surface area (Å²) in [6.07, 6.45) is 0.783. The van der Waals surface area contributed by atoms with E-state index in [-0.39, 0.29) is 12.5 Å². The number of carbonyl (C=O) groups excluding carboxylic acids is 2. The van der Waals surface area contributed by atoms with Crippen LogP contribution in [0.4, 0.5) is 5.69 Å². The predicted molar refractivity (Wildman–Crippen MR) is 94.8 cm³/mol. The summed E-state index contributed by atoms with van der Waals surface area (Å²) in [4.78, 5) is 27.1. The molecule has 130 valence electrons. The zero-order valence-corrected chi connectivity index (χ0v) is 14.6. The van der Waals surface area contributed by atoms with Crippen molar-refractivity contribution in [3.05, 3.63) is 30.0 Å². The second-order valence-corrected chi connectivity index (χ2v) is 6.56. The second kappa shape index (κ2) is 7.05. The minimum absolute atomic E-state index is 0.0140. The van der Waals surface area contributed by atoms with Crippen molar-refractivity contribution >= 4 is 28.4 Å². The number of aromatic amines is 1. The first-order valence-corrected chi connectivity index (χ1v) is 8.14. The lowest BCUT2D eigenvalue weighted by molar-refractivity contribution is -0.137. The van der Waals surface area contributed by atoms with E-state index < -0.39 is 17.4 Å². The van der Waals surface area contributed by atoms with Gasteiger partial charge in [0.05, 0.1) is 5.60 Å². The molecule has 2 aromatic rings. The largest absolute Gasteiger partial charge is 0.388 e. The van der Waals surface area contributed by atoms with Gasteiger partial charge in [0, 0.05) is 28.8 Å². The smallest absolute Gasteiger partial charge is 0.313 e. The van der Waals surface area contributed by atoms with Crippen LogP contribution < -0.4 is 10.6 Å². The zero-order valence-electron chi connectivity index (χ0n) is 14.6. The predicted octanol–water partition coefficient (Wildman–Crippen LogP) is 2.33. The molecule has 2 amide bonds. The SMILES string of the molecule is CCC(C)C(C)(O)CNC(=O)C(=O)Nc1ccc2[nH]c(C)cc2c1. The number of hydrogen-bond donors (Lipinski definition) is 4. The number of fused-ring (bicyclic) bond motifs is 1. The van der Waals surface area contributed by atoms with E-state index in [0.717, 1.165) is 23.0 Å². The number of H-pyrrole nitrogens is 1.